The van der Waals surface area contributed by atoms with Crippen molar-refractivity contribution in [3.05, 3.63) is 21.9 Å². The monoisotopic (exact) mass is 262 g/mol. The van der Waals surface area contributed by atoms with Gasteiger partial charge in [-0.25, -0.2) is 0 Å². The summed E-state index contributed by atoms with van der Waals surface area (Å²) in [7, 11) is 0. The zero-order valence-electron chi connectivity index (χ0n) is 11.1. The van der Waals surface area contributed by atoms with Gasteiger partial charge < -0.3 is 5.32 Å². The van der Waals surface area contributed by atoms with Gasteiger partial charge in [0.25, 0.3) is 0 Å². The van der Waals surface area contributed by atoms with Crippen LogP contribution in [0.4, 0.5) is 0 Å². The second kappa shape index (κ2) is 6.92. The first kappa shape index (κ1) is 13.6. The fraction of sp³-hybridized carbons (Fsp3) is 0.667. The van der Waals surface area contributed by atoms with Crippen LogP contribution < -0.4 is 5.32 Å². The van der Waals surface area contributed by atoms with Gasteiger partial charge in [0.15, 0.2) is 0 Å². The van der Waals surface area contributed by atoms with E-state index in [4.69, 9.17) is 5.26 Å². The number of rotatable bonds is 5. The predicted octanol–water partition coefficient (Wildman–Crippen LogP) is 4.07. The van der Waals surface area contributed by atoms with Crippen molar-refractivity contribution in [2.24, 2.45) is 5.92 Å². The molecular formula is C15H22N2S. The average Bonchev–Trinajstić information content (AvgIpc) is 2.86. The lowest BCUT2D eigenvalue weighted by atomic mass is 9.83. The number of thiophene rings is 1. The maximum atomic E-state index is 8.79. The van der Waals surface area contributed by atoms with E-state index in [1.54, 1.807) is 11.3 Å². The zero-order valence-corrected chi connectivity index (χ0v) is 11.9. The minimum Gasteiger partial charge on any atom is -0.309 e. The fourth-order valence-electron chi connectivity index (χ4n) is 2.84. The molecular weight excluding hydrogens is 240 g/mol. The Kier molecular flexibility index (Phi) is 5.22. The van der Waals surface area contributed by atoms with Crippen LogP contribution in [0.25, 0.3) is 0 Å². The van der Waals surface area contributed by atoms with E-state index < -0.39 is 0 Å². The van der Waals surface area contributed by atoms with E-state index in [0.29, 0.717) is 6.04 Å². The lowest BCUT2D eigenvalue weighted by Gasteiger charge is -2.28. The molecule has 0 radical (unpaired) electrons. The van der Waals surface area contributed by atoms with Crippen molar-refractivity contribution in [3.63, 3.8) is 0 Å². The van der Waals surface area contributed by atoms with E-state index in [-0.39, 0.29) is 0 Å². The summed E-state index contributed by atoms with van der Waals surface area (Å²) in [5.74, 6) is 0.972. The number of hydrogen-bond donors (Lipinski definition) is 1. The highest BCUT2D eigenvalue weighted by Crippen LogP contribution is 2.28. The SMILES string of the molecule is CCCC1CCC(NCc2ccc(C#N)s2)CC1. The van der Waals surface area contributed by atoms with Crippen LogP contribution in [0, 0.1) is 17.2 Å². The second-order valence-electron chi connectivity index (χ2n) is 5.26. The van der Waals surface area contributed by atoms with Gasteiger partial charge in [0, 0.05) is 17.5 Å². The lowest BCUT2D eigenvalue weighted by molar-refractivity contribution is 0.278. The summed E-state index contributed by atoms with van der Waals surface area (Å²) < 4.78 is 0. The first-order valence-corrected chi connectivity index (χ1v) is 7.85. The van der Waals surface area contributed by atoms with E-state index in [1.807, 2.05) is 6.07 Å². The molecule has 1 fully saturated rings. The molecule has 3 heteroatoms. The van der Waals surface area contributed by atoms with E-state index in [0.717, 1.165) is 17.3 Å². The minimum absolute atomic E-state index is 0.686. The van der Waals surface area contributed by atoms with Crippen molar-refractivity contribution in [1.82, 2.24) is 5.32 Å². The largest absolute Gasteiger partial charge is 0.309 e. The highest BCUT2D eigenvalue weighted by molar-refractivity contribution is 7.12. The molecule has 0 aliphatic heterocycles. The molecule has 2 nitrogen and oxygen atoms in total. The Bertz CT molecular complexity index is 397. The van der Waals surface area contributed by atoms with E-state index in [2.05, 4.69) is 24.4 Å². The molecule has 18 heavy (non-hydrogen) atoms. The predicted molar refractivity (Wildman–Crippen MR) is 76.5 cm³/mol. The third-order valence-corrected chi connectivity index (χ3v) is 4.87. The normalized spacial score (nSPS) is 23.8. The summed E-state index contributed by atoms with van der Waals surface area (Å²) in [5, 5.41) is 12.4. The van der Waals surface area contributed by atoms with Gasteiger partial charge in [-0.3, -0.25) is 0 Å². The summed E-state index contributed by atoms with van der Waals surface area (Å²) in [6, 6.07) is 6.87. The van der Waals surface area contributed by atoms with Crippen LogP contribution in [-0.4, -0.2) is 6.04 Å². The Balaban J connectivity index is 1.70. The average molecular weight is 262 g/mol. The maximum Gasteiger partial charge on any atom is 0.110 e. The first-order chi connectivity index (χ1) is 8.81. The summed E-state index contributed by atoms with van der Waals surface area (Å²) in [6.07, 6.45) is 8.15. The summed E-state index contributed by atoms with van der Waals surface area (Å²) >= 11 is 1.61. The molecule has 1 heterocycles. The molecule has 1 saturated carbocycles. The van der Waals surface area contributed by atoms with Crippen LogP contribution in [0.15, 0.2) is 12.1 Å². The molecule has 0 aromatic carbocycles. The van der Waals surface area contributed by atoms with Gasteiger partial charge in [0.05, 0.1) is 0 Å². The van der Waals surface area contributed by atoms with Crippen molar-refractivity contribution in [1.29, 1.82) is 5.26 Å². The number of nitrogens with one attached hydrogen (secondary N) is 1. The van der Waals surface area contributed by atoms with Gasteiger partial charge in [-0.05, 0) is 43.7 Å². The van der Waals surface area contributed by atoms with Crippen LogP contribution in [0.2, 0.25) is 0 Å². The zero-order chi connectivity index (χ0) is 12.8. The van der Waals surface area contributed by atoms with Crippen molar-refractivity contribution >= 4 is 11.3 Å². The Morgan fingerprint density at radius 2 is 2.11 bits per heavy atom. The molecule has 1 aliphatic rings. The van der Waals surface area contributed by atoms with Gasteiger partial charge in [-0.15, -0.1) is 11.3 Å². The molecule has 1 aromatic heterocycles. The van der Waals surface area contributed by atoms with Gasteiger partial charge in [-0.1, -0.05) is 19.8 Å². The molecule has 1 aliphatic carbocycles. The topological polar surface area (TPSA) is 35.8 Å². The highest BCUT2D eigenvalue weighted by atomic mass is 32.1. The smallest absolute Gasteiger partial charge is 0.110 e. The van der Waals surface area contributed by atoms with Crippen molar-refractivity contribution in [2.75, 3.05) is 0 Å². The molecule has 1 N–H and O–H groups in total. The maximum absolute atomic E-state index is 8.79. The Labute approximate surface area is 114 Å². The Hall–Kier alpha value is -0.850. The molecule has 0 bridgehead atoms. The van der Waals surface area contributed by atoms with Gasteiger partial charge in [0.1, 0.15) is 10.9 Å². The van der Waals surface area contributed by atoms with Crippen LogP contribution in [0.1, 0.15) is 55.2 Å². The van der Waals surface area contributed by atoms with Crippen molar-refractivity contribution < 1.29 is 0 Å². The second-order valence-corrected chi connectivity index (χ2v) is 6.43. The van der Waals surface area contributed by atoms with Gasteiger partial charge in [0.2, 0.25) is 0 Å². The molecule has 0 unspecified atom stereocenters. The fourth-order valence-corrected chi connectivity index (χ4v) is 3.60. The molecule has 0 saturated heterocycles. The Morgan fingerprint density at radius 1 is 1.33 bits per heavy atom. The Morgan fingerprint density at radius 3 is 2.72 bits per heavy atom. The van der Waals surface area contributed by atoms with E-state index in [9.17, 15) is 0 Å². The summed E-state index contributed by atoms with van der Waals surface area (Å²) in [4.78, 5) is 2.10. The molecule has 98 valence electrons. The summed E-state index contributed by atoms with van der Waals surface area (Å²) in [5.41, 5.74) is 0. The molecule has 0 amide bonds. The summed E-state index contributed by atoms with van der Waals surface area (Å²) in [6.45, 7) is 3.21. The van der Waals surface area contributed by atoms with Crippen LogP contribution in [0.5, 0.6) is 0 Å². The molecule has 0 atom stereocenters. The lowest BCUT2D eigenvalue weighted by Crippen LogP contribution is -2.32. The van der Waals surface area contributed by atoms with Crippen LogP contribution in [-0.2, 0) is 6.54 Å². The standard InChI is InChI=1S/C15H22N2S/c1-2-3-12-4-6-13(7-5-12)17-11-15-9-8-14(10-16)18-15/h8-9,12-13,17H,2-7,11H2,1H3. The third-order valence-electron chi connectivity index (χ3n) is 3.88. The van der Waals surface area contributed by atoms with Crippen LogP contribution in [0.3, 0.4) is 0 Å². The number of hydrogen-bond acceptors (Lipinski definition) is 3. The van der Waals surface area contributed by atoms with Gasteiger partial charge >= 0.3 is 0 Å². The van der Waals surface area contributed by atoms with Gasteiger partial charge in [-0.2, -0.15) is 5.26 Å². The van der Waals surface area contributed by atoms with Crippen molar-refractivity contribution in [3.8, 4) is 6.07 Å². The van der Waals surface area contributed by atoms with Crippen molar-refractivity contribution in [2.45, 2.75) is 58.0 Å². The minimum atomic E-state index is 0.686. The van der Waals surface area contributed by atoms with E-state index in [1.165, 1.54) is 43.4 Å². The quantitative estimate of drug-likeness (QED) is 0.868. The molecule has 0 spiro atoms. The number of nitriles is 1. The molecule has 2 rings (SSSR count). The van der Waals surface area contributed by atoms with Crippen LogP contribution >= 0.6 is 11.3 Å². The first-order valence-electron chi connectivity index (χ1n) is 7.04. The third kappa shape index (κ3) is 3.83. The highest BCUT2D eigenvalue weighted by Gasteiger charge is 2.20. The number of nitrogens with zero attached hydrogens (tertiary/aromatic N) is 1. The molecule has 1 aromatic rings. The van der Waals surface area contributed by atoms with E-state index >= 15 is 0 Å².